The number of fused-ring (bicyclic) bond motifs is 1. The van der Waals surface area contributed by atoms with Gasteiger partial charge in [0.25, 0.3) is 5.91 Å². The van der Waals surface area contributed by atoms with Gasteiger partial charge in [-0.25, -0.2) is 4.99 Å². The molecule has 20 heavy (non-hydrogen) atoms. The van der Waals surface area contributed by atoms with E-state index in [9.17, 15) is 9.90 Å². The van der Waals surface area contributed by atoms with Crippen LogP contribution in [0.4, 0.5) is 0 Å². The van der Waals surface area contributed by atoms with Crippen molar-refractivity contribution in [1.82, 2.24) is 4.98 Å². The second-order valence-corrected chi connectivity index (χ2v) is 6.17. The highest BCUT2D eigenvalue weighted by Gasteiger charge is 2.12. The fourth-order valence-electron chi connectivity index (χ4n) is 1.97. The third-order valence-corrected chi connectivity index (χ3v) is 4.08. The predicted molar refractivity (Wildman–Crippen MR) is 80.6 cm³/mol. The van der Waals surface area contributed by atoms with Crippen LogP contribution in [0.15, 0.2) is 28.8 Å². The van der Waals surface area contributed by atoms with Crippen LogP contribution in [-0.4, -0.2) is 16.0 Å². The number of aromatic hydroxyl groups is 1. The van der Waals surface area contributed by atoms with Crippen molar-refractivity contribution < 1.29 is 9.90 Å². The molecule has 6 heteroatoms. The molecule has 1 aromatic carbocycles. The van der Waals surface area contributed by atoms with Crippen LogP contribution in [0.1, 0.15) is 10.4 Å². The number of nitrogens with one attached hydrogen (secondary N) is 1. The number of thiazole rings is 1. The van der Waals surface area contributed by atoms with Gasteiger partial charge in [0.1, 0.15) is 0 Å². The second kappa shape index (κ2) is 4.81. The molecule has 0 unspecified atom stereocenters. The van der Waals surface area contributed by atoms with E-state index in [1.54, 1.807) is 12.2 Å². The number of rotatable bonds is 1. The Labute approximate surface area is 123 Å². The number of benzene rings is 1. The first-order valence-electron chi connectivity index (χ1n) is 5.88. The Morgan fingerprint density at radius 1 is 1.45 bits per heavy atom. The fourth-order valence-corrected chi connectivity index (χ4v) is 3.02. The summed E-state index contributed by atoms with van der Waals surface area (Å²) >= 11 is 6.17. The van der Waals surface area contributed by atoms with E-state index >= 15 is 0 Å². The van der Waals surface area contributed by atoms with Crippen LogP contribution in [0.25, 0.3) is 12.2 Å². The summed E-state index contributed by atoms with van der Waals surface area (Å²) in [6.07, 6.45) is 3.38. The highest BCUT2D eigenvalue weighted by atomic mass is 32.1. The number of hydrogen-bond donors (Lipinski definition) is 2. The molecule has 2 heterocycles. The first kappa shape index (κ1) is 13.0. The Bertz CT molecular complexity index is 919. The molecule has 3 rings (SSSR count). The van der Waals surface area contributed by atoms with Gasteiger partial charge in [0.15, 0.2) is 3.95 Å². The van der Waals surface area contributed by atoms with Crippen LogP contribution in [-0.2, 0) is 4.79 Å². The predicted octanol–water partition coefficient (Wildman–Crippen LogP) is 1.84. The van der Waals surface area contributed by atoms with Crippen LogP contribution >= 0.6 is 23.6 Å². The summed E-state index contributed by atoms with van der Waals surface area (Å²) < 4.78 is 0.464. The molecule has 100 valence electrons. The highest BCUT2D eigenvalue weighted by molar-refractivity contribution is 7.73. The summed E-state index contributed by atoms with van der Waals surface area (Å²) in [4.78, 5) is 19.2. The molecule has 0 saturated heterocycles. The molecule has 0 atom stereocenters. The van der Waals surface area contributed by atoms with Crippen molar-refractivity contribution in [3.63, 3.8) is 0 Å². The van der Waals surface area contributed by atoms with Crippen LogP contribution in [0.5, 0.6) is 5.88 Å². The zero-order chi connectivity index (χ0) is 14.3. The Kier molecular flexibility index (Phi) is 3.11. The number of amides is 1. The molecule has 0 fully saturated rings. The van der Waals surface area contributed by atoms with Gasteiger partial charge in [0.2, 0.25) is 5.88 Å². The van der Waals surface area contributed by atoms with E-state index in [0.717, 1.165) is 10.8 Å². The quantitative estimate of drug-likeness (QED) is 0.624. The lowest BCUT2D eigenvalue weighted by atomic mass is 10.1. The number of aromatic nitrogens is 1. The largest absolute Gasteiger partial charge is 0.494 e. The first-order valence-corrected chi connectivity index (χ1v) is 7.10. The van der Waals surface area contributed by atoms with E-state index in [2.05, 4.69) is 9.98 Å². The lowest BCUT2D eigenvalue weighted by Gasteiger charge is -2.03. The zero-order valence-corrected chi connectivity index (χ0v) is 12.1. The standard InChI is InChI=1S/C14H10N2O2S2/c1-7-2-3-10-8(4-7)5-9(12(17)15-10)6-11-13(18)16-14(19)20-11/h2-6,18H,1H3,(H,16,19)/b9-6+. The van der Waals surface area contributed by atoms with Crippen molar-refractivity contribution in [2.45, 2.75) is 6.92 Å². The third-order valence-electron chi connectivity index (χ3n) is 2.91. The van der Waals surface area contributed by atoms with Crippen LogP contribution in [0.3, 0.4) is 0 Å². The molecule has 0 aliphatic carbocycles. The van der Waals surface area contributed by atoms with Gasteiger partial charge in [-0.3, -0.25) is 4.79 Å². The van der Waals surface area contributed by atoms with Gasteiger partial charge in [-0.1, -0.05) is 11.6 Å². The summed E-state index contributed by atoms with van der Waals surface area (Å²) in [6.45, 7) is 1.98. The SMILES string of the molecule is Cc1ccc2c(c1)=C/C(=C\c1sc(=S)[nH]c1O)C(=O)N=2. The molecular formula is C14H10N2O2S2. The zero-order valence-electron chi connectivity index (χ0n) is 10.5. The third kappa shape index (κ3) is 2.35. The van der Waals surface area contributed by atoms with Crippen LogP contribution in [0, 0.1) is 10.9 Å². The monoisotopic (exact) mass is 302 g/mol. The molecule has 0 spiro atoms. The smallest absolute Gasteiger partial charge is 0.277 e. The molecular weight excluding hydrogens is 292 g/mol. The van der Waals surface area contributed by atoms with Gasteiger partial charge >= 0.3 is 0 Å². The molecule has 4 nitrogen and oxygen atoms in total. The maximum atomic E-state index is 12.0. The molecule has 1 aromatic heterocycles. The number of nitrogens with zero attached hydrogens (tertiary/aromatic N) is 1. The van der Waals surface area contributed by atoms with Crippen molar-refractivity contribution >= 4 is 41.6 Å². The van der Waals surface area contributed by atoms with Crippen molar-refractivity contribution in [1.29, 1.82) is 0 Å². The van der Waals surface area contributed by atoms with E-state index in [4.69, 9.17) is 12.2 Å². The number of hydrogen-bond acceptors (Lipinski definition) is 4. The molecule has 2 aromatic rings. The minimum atomic E-state index is -0.319. The number of aryl methyl sites for hydroxylation is 1. The average molecular weight is 302 g/mol. The summed E-state index contributed by atoms with van der Waals surface area (Å²) in [5.74, 6) is -0.344. The van der Waals surface area contributed by atoms with Gasteiger partial charge in [-0.05, 0) is 43.4 Å². The maximum absolute atomic E-state index is 12.0. The number of carbonyl (C=O) groups is 1. The second-order valence-electron chi connectivity index (χ2n) is 4.45. The molecule has 1 aliphatic heterocycles. The van der Waals surface area contributed by atoms with E-state index in [-0.39, 0.29) is 11.8 Å². The highest BCUT2D eigenvalue weighted by Crippen LogP contribution is 2.25. The van der Waals surface area contributed by atoms with E-state index in [1.165, 1.54) is 11.3 Å². The van der Waals surface area contributed by atoms with E-state index in [1.807, 2.05) is 25.1 Å². The first-order chi connectivity index (χ1) is 9.52. The molecule has 1 amide bonds. The lowest BCUT2D eigenvalue weighted by Crippen LogP contribution is -2.30. The van der Waals surface area contributed by atoms with Crippen LogP contribution < -0.4 is 10.6 Å². The molecule has 1 aliphatic rings. The van der Waals surface area contributed by atoms with E-state index < -0.39 is 0 Å². The minimum absolute atomic E-state index is 0.0243. The Balaban J connectivity index is 2.19. The number of H-pyrrole nitrogens is 1. The molecule has 0 bridgehead atoms. The van der Waals surface area contributed by atoms with E-state index in [0.29, 0.717) is 19.8 Å². The average Bonchev–Trinajstić information content (AvgIpc) is 2.69. The molecule has 0 radical (unpaired) electrons. The van der Waals surface area contributed by atoms with Crippen molar-refractivity contribution in [3.8, 4) is 5.88 Å². The van der Waals surface area contributed by atoms with Gasteiger partial charge in [-0.2, -0.15) is 0 Å². The van der Waals surface area contributed by atoms with Gasteiger partial charge in [-0.15, -0.1) is 11.3 Å². The fraction of sp³-hybridized carbons (Fsp3) is 0.0714. The van der Waals surface area contributed by atoms with Crippen molar-refractivity contribution in [3.05, 3.63) is 48.7 Å². The number of aromatic amines is 1. The summed E-state index contributed by atoms with van der Waals surface area (Å²) in [5.41, 5.74) is 1.53. The Morgan fingerprint density at radius 2 is 2.25 bits per heavy atom. The van der Waals surface area contributed by atoms with Crippen molar-refractivity contribution in [2.24, 2.45) is 4.99 Å². The maximum Gasteiger partial charge on any atom is 0.277 e. The van der Waals surface area contributed by atoms with Crippen LogP contribution in [0.2, 0.25) is 0 Å². The topological polar surface area (TPSA) is 65.4 Å². The Hall–Kier alpha value is -2.05. The normalized spacial score (nSPS) is 15.7. The minimum Gasteiger partial charge on any atom is -0.494 e. The van der Waals surface area contributed by atoms with Gasteiger partial charge < -0.3 is 10.1 Å². The lowest BCUT2D eigenvalue weighted by molar-refractivity contribution is -0.114. The van der Waals surface area contributed by atoms with Crippen molar-refractivity contribution in [2.75, 3.05) is 0 Å². The summed E-state index contributed by atoms with van der Waals surface area (Å²) in [5, 5.41) is 11.2. The van der Waals surface area contributed by atoms with Gasteiger partial charge in [0, 0.05) is 10.8 Å². The number of carbonyl (C=O) groups excluding carboxylic acids is 1. The molecule has 2 N–H and O–H groups in total. The summed E-state index contributed by atoms with van der Waals surface area (Å²) in [6, 6.07) is 5.72. The van der Waals surface area contributed by atoms with Gasteiger partial charge in [0.05, 0.1) is 10.2 Å². The summed E-state index contributed by atoms with van der Waals surface area (Å²) in [7, 11) is 0. The molecule has 0 saturated carbocycles. The Morgan fingerprint density at radius 3 is 2.95 bits per heavy atom.